The van der Waals surface area contributed by atoms with Crippen LogP contribution >= 0.6 is 15.9 Å². The highest BCUT2D eigenvalue weighted by atomic mass is 79.9. The minimum Gasteiger partial charge on any atom is -0.450 e. The summed E-state index contributed by atoms with van der Waals surface area (Å²) in [6.07, 6.45) is 2.34. The molecule has 1 heterocycles. The van der Waals surface area contributed by atoms with Gasteiger partial charge in [-0.25, -0.2) is 4.79 Å². The summed E-state index contributed by atoms with van der Waals surface area (Å²) in [4.78, 5) is 24.7. The fourth-order valence-electron chi connectivity index (χ4n) is 1.78. The molecule has 0 saturated carbocycles. The van der Waals surface area contributed by atoms with Crippen molar-refractivity contribution >= 4 is 27.8 Å². The lowest BCUT2D eigenvalue weighted by molar-refractivity contribution is -0.122. The van der Waals surface area contributed by atoms with Crippen LogP contribution in [0.25, 0.3) is 0 Å². The highest BCUT2D eigenvalue weighted by Crippen LogP contribution is 2.19. The molecular weight excluding hydrogens is 262 g/mol. The van der Waals surface area contributed by atoms with Crippen LogP contribution in [0.5, 0.6) is 0 Å². The van der Waals surface area contributed by atoms with Crippen molar-refractivity contribution in [3.8, 4) is 0 Å². The Balaban J connectivity index is 2.65. The molecule has 0 spiro atoms. The van der Waals surface area contributed by atoms with Gasteiger partial charge in [-0.05, 0) is 26.2 Å². The molecule has 0 aromatic heterocycles. The fourth-order valence-corrected chi connectivity index (χ4v) is 2.15. The lowest BCUT2D eigenvalue weighted by Gasteiger charge is -2.33. The van der Waals surface area contributed by atoms with Gasteiger partial charge in [0.1, 0.15) is 0 Å². The van der Waals surface area contributed by atoms with Gasteiger partial charge in [-0.2, -0.15) is 0 Å². The van der Waals surface area contributed by atoms with E-state index in [0.717, 1.165) is 19.3 Å². The van der Waals surface area contributed by atoms with Crippen LogP contribution in [0.1, 0.15) is 26.2 Å². The summed E-state index contributed by atoms with van der Waals surface area (Å²) in [5.74, 6) is 0.0581. The van der Waals surface area contributed by atoms with Gasteiger partial charge in [0.05, 0.1) is 18.0 Å². The number of Topliss-reactive ketones (excluding diaryl/α,β-unsaturated/α-hetero) is 1. The molecule has 0 aromatic carbocycles. The SMILES string of the molecule is CCOC(=O)N1CCCCC1C(=O)CBr. The van der Waals surface area contributed by atoms with E-state index in [-0.39, 0.29) is 17.9 Å². The first kappa shape index (κ1) is 12.5. The van der Waals surface area contributed by atoms with Crippen molar-refractivity contribution in [1.82, 2.24) is 4.90 Å². The Kier molecular flexibility index (Phi) is 5.08. The largest absolute Gasteiger partial charge is 0.450 e. The predicted octanol–water partition coefficient (Wildman–Crippen LogP) is 1.96. The molecule has 0 N–H and O–H groups in total. The summed E-state index contributed by atoms with van der Waals surface area (Å²) in [6.45, 7) is 2.75. The standard InChI is InChI=1S/C10H16BrNO3/c1-2-15-10(14)12-6-4-3-5-8(12)9(13)7-11/h8H,2-7H2,1H3. The Morgan fingerprint density at radius 1 is 1.47 bits per heavy atom. The molecule has 0 aliphatic carbocycles. The van der Waals surface area contributed by atoms with Gasteiger partial charge < -0.3 is 4.74 Å². The Hall–Kier alpha value is -0.580. The molecule has 1 fully saturated rings. The van der Waals surface area contributed by atoms with Crippen LogP contribution < -0.4 is 0 Å². The maximum atomic E-state index is 11.6. The smallest absolute Gasteiger partial charge is 0.410 e. The molecule has 1 aliphatic heterocycles. The number of amides is 1. The topological polar surface area (TPSA) is 46.6 Å². The van der Waals surface area contributed by atoms with Crippen LogP contribution in [0.4, 0.5) is 4.79 Å². The number of ketones is 1. The zero-order valence-electron chi connectivity index (χ0n) is 8.87. The molecule has 1 unspecified atom stereocenters. The number of rotatable bonds is 3. The van der Waals surface area contributed by atoms with Gasteiger partial charge >= 0.3 is 6.09 Å². The number of hydrogen-bond acceptors (Lipinski definition) is 3. The van der Waals surface area contributed by atoms with Gasteiger partial charge in [-0.1, -0.05) is 15.9 Å². The molecule has 1 saturated heterocycles. The number of nitrogens with zero attached hydrogens (tertiary/aromatic N) is 1. The first-order valence-corrected chi connectivity index (χ1v) is 6.35. The highest BCUT2D eigenvalue weighted by Gasteiger charge is 2.31. The van der Waals surface area contributed by atoms with Crippen molar-refractivity contribution in [3.63, 3.8) is 0 Å². The molecule has 0 radical (unpaired) electrons. The summed E-state index contributed by atoms with van der Waals surface area (Å²) in [5, 5.41) is 0.299. The van der Waals surface area contributed by atoms with Crippen molar-refractivity contribution in [2.75, 3.05) is 18.5 Å². The van der Waals surface area contributed by atoms with E-state index in [4.69, 9.17) is 4.74 Å². The fraction of sp³-hybridized carbons (Fsp3) is 0.800. The summed E-state index contributed by atoms with van der Waals surface area (Å²) in [6, 6.07) is -0.294. The second-order valence-corrected chi connectivity index (χ2v) is 4.06. The Morgan fingerprint density at radius 2 is 2.20 bits per heavy atom. The van der Waals surface area contributed by atoms with Gasteiger partial charge in [0.2, 0.25) is 0 Å². The van der Waals surface area contributed by atoms with E-state index in [1.807, 2.05) is 0 Å². The van der Waals surface area contributed by atoms with Crippen LogP contribution in [0.3, 0.4) is 0 Å². The first-order chi connectivity index (χ1) is 7.20. The third-order valence-electron chi connectivity index (χ3n) is 2.51. The maximum Gasteiger partial charge on any atom is 0.410 e. The van der Waals surface area contributed by atoms with Crippen molar-refractivity contribution in [1.29, 1.82) is 0 Å². The first-order valence-electron chi connectivity index (χ1n) is 5.22. The van der Waals surface area contributed by atoms with Crippen LogP contribution in [-0.2, 0) is 9.53 Å². The number of hydrogen-bond donors (Lipinski definition) is 0. The molecule has 0 aromatic rings. The molecule has 4 nitrogen and oxygen atoms in total. The third-order valence-corrected chi connectivity index (χ3v) is 3.06. The highest BCUT2D eigenvalue weighted by molar-refractivity contribution is 9.09. The second-order valence-electron chi connectivity index (χ2n) is 3.50. The summed E-state index contributed by atoms with van der Waals surface area (Å²) in [7, 11) is 0. The van der Waals surface area contributed by atoms with E-state index in [1.54, 1.807) is 11.8 Å². The Labute approximate surface area is 98.1 Å². The van der Waals surface area contributed by atoms with Crippen molar-refractivity contribution in [2.24, 2.45) is 0 Å². The minimum absolute atomic E-state index is 0.0581. The van der Waals surface area contributed by atoms with Crippen LogP contribution in [0.15, 0.2) is 0 Å². The molecule has 86 valence electrons. The lowest BCUT2D eigenvalue weighted by Crippen LogP contribution is -2.48. The number of likely N-dealkylation sites (tertiary alicyclic amines) is 1. The summed E-state index contributed by atoms with van der Waals surface area (Å²) in [5.41, 5.74) is 0. The number of halogens is 1. The second kappa shape index (κ2) is 6.10. The monoisotopic (exact) mass is 277 g/mol. The van der Waals surface area contributed by atoms with Crippen LogP contribution in [0.2, 0.25) is 0 Å². The Morgan fingerprint density at radius 3 is 2.80 bits per heavy atom. The molecule has 1 rings (SSSR count). The third kappa shape index (κ3) is 3.19. The van der Waals surface area contributed by atoms with Crippen molar-refractivity contribution in [2.45, 2.75) is 32.2 Å². The predicted molar refractivity (Wildman–Crippen MR) is 60.2 cm³/mol. The number of carbonyl (C=O) groups is 2. The molecule has 1 aliphatic rings. The number of piperidine rings is 1. The molecule has 5 heteroatoms. The minimum atomic E-state index is -0.364. The van der Waals surface area contributed by atoms with E-state index < -0.39 is 0 Å². The number of ether oxygens (including phenoxy) is 1. The van der Waals surface area contributed by atoms with Crippen molar-refractivity contribution < 1.29 is 14.3 Å². The number of alkyl halides is 1. The average molecular weight is 278 g/mol. The van der Waals surface area contributed by atoms with Gasteiger partial charge in [0.25, 0.3) is 0 Å². The van der Waals surface area contributed by atoms with E-state index in [2.05, 4.69) is 15.9 Å². The van der Waals surface area contributed by atoms with E-state index in [0.29, 0.717) is 18.5 Å². The molecule has 15 heavy (non-hydrogen) atoms. The zero-order chi connectivity index (χ0) is 11.3. The quantitative estimate of drug-likeness (QED) is 0.741. The van der Waals surface area contributed by atoms with E-state index >= 15 is 0 Å². The van der Waals surface area contributed by atoms with Gasteiger partial charge in [0, 0.05) is 6.54 Å². The van der Waals surface area contributed by atoms with E-state index in [1.165, 1.54) is 0 Å². The van der Waals surface area contributed by atoms with Gasteiger partial charge in [-0.15, -0.1) is 0 Å². The molecule has 1 atom stereocenters. The van der Waals surface area contributed by atoms with Crippen molar-refractivity contribution in [3.05, 3.63) is 0 Å². The van der Waals surface area contributed by atoms with Crippen LogP contribution in [-0.4, -0.2) is 41.3 Å². The molecule has 1 amide bonds. The van der Waals surface area contributed by atoms with Gasteiger partial charge in [-0.3, -0.25) is 9.69 Å². The van der Waals surface area contributed by atoms with Gasteiger partial charge in [0.15, 0.2) is 5.78 Å². The maximum absolute atomic E-state index is 11.6. The van der Waals surface area contributed by atoms with E-state index in [9.17, 15) is 9.59 Å². The van der Waals surface area contributed by atoms with Crippen LogP contribution in [0, 0.1) is 0 Å². The normalized spacial score (nSPS) is 21.2. The molecular formula is C10H16BrNO3. The zero-order valence-corrected chi connectivity index (χ0v) is 10.5. The summed E-state index contributed by atoms with van der Waals surface area (Å²) < 4.78 is 4.93. The number of carbonyl (C=O) groups excluding carboxylic acids is 2. The lowest BCUT2D eigenvalue weighted by atomic mass is 10.00. The average Bonchev–Trinajstić information content (AvgIpc) is 2.28. The molecule has 0 bridgehead atoms. The summed E-state index contributed by atoms with van der Waals surface area (Å²) >= 11 is 3.14. The Bertz CT molecular complexity index is 245.